The highest BCUT2D eigenvalue weighted by Crippen LogP contribution is 2.22. The number of ether oxygens (including phenoxy) is 1. The lowest BCUT2D eigenvalue weighted by Gasteiger charge is -2.19. The molecule has 0 spiro atoms. The lowest BCUT2D eigenvalue weighted by molar-refractivity contribution is -0.141. The molecular weight excluding hydrogens is 346 g/mol. The highest BCUT2D eigenvalue weighted by atomic mass is 16.5. The van der Waals surface area contributed by atoms with E-state index in [0.29, 0.717) is 17.7 Å². The van der Waals surface area contributed by atoms with Crippen LogP contribution in [0.2, 0.25) is 0 Å². The Morgan fingerprint density at radius 3 is 2.48 bits per heavy atom. The fraction of sp³-hybridized carbons (Fsp3) is 0.143. The van der Waals surface area contributed by atoms with Gasteiger partial charge >= 0.3 is 5.97 Å². The zero-order valence-electron chi connectivity index (χ0n) is 14.7. The first-order valence-corrected chi connectivity index (χ1v) is 8.38. The topological polar surface area (TPSA) is 88.8 Å². The number of esters is 1. The number of methoxy groups -OCH3 is 1. The van der Waals surface area contributed by atoms with Gasteiger partial charge in [0.25, 0.3) is 0 Å². The lowest BCUT2D eigenvalue weighted by Crippen LogP contribution is -2.33. The predicted molar refractivity (Wildman–Crippen MR) is 99.8 cm³/mol. The van der Waals surface area contributed by atoms with E-state index in [1.807, 2.05) is 0 Å². The summed E-state index contributed by atoms with van der Waals surface area (Å²) in [6.07, 6.45) is 1.77. The number of benzene rings is 2. The second-order valence-electron chi connectivity index (χ2n) is 5.94. The molecule has 1 unspecified atom stereocenters. The van der Waals surface area contributed by atoms with Gasteiger partial charge in [0.15, 0.2) is 5.76 Å². The third-order valence-electron chi connectivity index (χ3n) is 4.11. The molecule has 0 aliphatic heterocycles. The minimum atomic E-state index is -0.704. The smallest absolute Gasteiger partial charge is 0.328 e. The van der Waals surface area contributed by atoms with Crippen molar-refractivity contribution in [1.29, 1.82) is 0 Å². The quantitative estimate of drug-likeness (QED) is 0.493. The molecule has 0 saturated heterocycles. The number of ketones is 1. The molecule has 1 aromatic heterocycles. The maximum absolute atomic E-state index is 12.7. The number of hydrogen-bond acceptors (Lipinski definition) is 6. The zero-order chi connectivity index (χ0) is 19.2. The highest BCUT2D eigenvalue weighted by molar-refractivity contribution is 6.10. The monoisotopic (exact) mass is 365 g/mol. The number of rotatable bonds is 7. The third-order valence-corrected chi connectivity index (χ3v) is 4.11. The Hall–Kier alpha value is -3.54. The average Bonchev–Trinajstić information content (AvgIpc) is 3.23. The van der Waals surface area contributed by atoms with Gasteiger partial charge in [0.2, 0.25) is 5.78 Å². The van der Waals surface area contributed by atoms with Gasteiger partial charge in [-0.1, -0.05) is 24.3 Å². The molecule has 138 valence electrons. The van der Waals surface area contributed by atoms with Crippen LogP contribution in [0, 0.1) is 0 Å². The molecule has 0 bridgehead atoms. The van der Waals surface area contributed by atoms with Crippen LogP contribution < -0.4 is 5.32 Å². The number of furan rings is 1. The van der Waals surface area contributed by atoms with Gasteiger partial charge < -0.3 is 19.6 Å². The molecular formula is C21H19NO5. The number of aromatic hydroxyl groups is 1. The SMILES string of the molecule is COC(=O)C(Cc1ccc(O)cc1)Nc1ccccc1C(=O)c1ccco1. The summed E-state index contributed by atoms with van der Waals surface area (Å²) in [5, 5.41) is 12.5. The summed E-state index contributed by atoms with van der Waals surface area (Å²) in [4.78, 5) is 24.9. The van der Waals surface area contributed by atoms with Crippen molar-refractivity contribution in [2.45, 2.75) is 12.5 Å². The highest BCUT2D eigenvalue weighted by Gasteiger charge is 2.23. The maximum Gasteiger partial charge on any atom is 0.328 e. The van der Waals surface area contributed by atoms with Crippen LogP contribution in [0.1, 0.15) is 21.7 Å². The fourth-order valence-corrected chi connectivity index (χ4v) is 2.74. The molecule has 2 N–H and O–H groups in total. The minimum Gasteiger partial charge on any atom is -0.508 e. The van der Waals surface area contributed by atoms with Gasteiger partial charge in [-0.05, 0) is 42.0 Å². The van der Waals surface area contributed by atoms with Crippen LogP contribution in [-0.4, -0.2) is 30.0 Å². The molecule has 3 rings (SSSR count). The maximum atomic E-state index is 12.7. The Labute approximate surface area is 156 Å². The van der Waals surface area contributed by atoms with E-state index in [4.69, 9.17) is 9.15 Å². The van der Waals surface area contributed by atoms with Crippen LogP contribution in [0.15, 0.2) is 71.3 Å². The standard InChI is InChI=1S/C21H19NO5/c1-26-21(25)18(13-14-8-10-15(23)11-9-14)22-17-6-3-2-5-16(17)20(24)19-7-4-12-27-19/h2-12,18,22-23H,13H2,1H3. The Bertz CT molecular complexity index is 916. The molecule has 0 fully saturated rings. The first-order chi connectivity index (χ1) is 13.1. The molecule has 3 aromatic rings. The number of hydrogen-bond donors (Lipinski definition) is 2. The van der Waals surface area contributed by atoms with Crippen molar-refractivity contribution in [2.24, 2.45) is 0 Å². The predicted octanol–water partition coefficient (Wildman–Crippen LogP) is 3.41. The van der Waals surface area contributed by atoms with Gasteiger partial charge in [-0.25, -0.2) is 4.79 Å². The van der Waals surface area contributed by atoms with Gasteiger partial charge in [-0.3, -0.25) is 4.79 Å². The van der Waals surface area contributed by atoms with E-state index in [0.717, 1.165) is 5.56 Å². The summed E-state index contributed by atoms with van der Waals surface area (Å²) >= 11 is 0. The number of phenols is 1. The number of carbonyl (C=O) groups is 2. The van der Waals surface area contributed by atoms with Gasteiger partial charge in [-0.15, -0.1) is 0 Å². The Kier molecular flexibility index (Phi) is 5.56. The van der Waals surface area contributed by atoms with E-state index < -0.39 is 12.0 Å². The Morgan fingerprint density at radius 1 is 1.07 bits per heavy atom. The Balaban J connectivity index is 1.87. The van der Waals surface area contributed by atoms with Crippen molar-refractivity contribution < 1.29 is 23.8 Å². The number of anilines is 1. The summed E-state index contributed by atoms with van der Waals surface area (Å²) in [6, 6.07) is 16.0. The van der Waals surface area contributed by atoms with Crippen molar-refractivity contribution in [3.8, 4) is 5.75 Å². The molecule has 1 atom stereocenters. The second-order valence-corrected chi connectivity index (χ2v) is 5.94. The van der Waals surface area contributed by atoms with E-state index in [1.54, 1.807) is 60.7 Å². The van der Waals surface area contributed by atoms with Crippen molar-refractivity contribution >= 4 is 17.4 Å². The summed E-state index contributed by atoms with van der Waals surface area (Å²) in [5.74, 6) is -0.368. The van der Waals surface area contributed by atoms with E-state index in [2.05, 4.69) is 5.32 Å². The molecule has 6 nitrogen and oxygen atoms in total. The van der Waals surface area contributed by atoms with Crippen molar-refractivity contribution in [3.63, 3.8) is 0 Å². The first kappa shape index (κ1) is 18.3. The van der Waals surface area contributed by atoms with Crippen LogP contribution >= 0.6 is 0 Å². The molecule has 1 heterocycles. The zero-order valence-corrected chi connectivity index (χ0v) is 14.7. The van der Waals surface area contributed by atoms with Crippen molar-refractivity contribution in [2.75, 3.05) is 12.4 Å². The summed E-state index contributed by atoms with van der Waals surface area (Å²) in [7, 11) is 1.31. The lowest BCUT2D eigenvalue weighted by atomic mass is 10.0. The fourth-order valence-electron chi connectivity index (χ4n) is 2.74. The molecule has 6 heteroatoms. The summed E-state index contributed by atoms with van der Waals surface area (Å²) < 4.78 is 10.1. The van der Waals surface area contributed by atoms with Crippen LogP contribution in [-0.2, 0) is 16.0 Å². The van der Waals surface area contributed by atoms with Gasteiger partial charge in [0.05, 0.1) is 13.4 Å². The van der Waals surface area contributed by atoms with Gasteiger partial charge in [-0.2, -0.15) is 0 Å². The van der Waals surface area contributed by atoms with Gasteiger partial charge in [0.1, 0.15) is 11.8 Å². The van der Waals surface area contributed by atoms with Crippen LogP contribution in [0.3, 0.4) is 0 Å². The normalized spacial score (nSPS) is 11.6. The van der Waals surface area contributed by atoms with Crippen LogP contribution in [0.5, 0.6) is 5.75 Å². The van der Waals surface area contributed by atoms with E-state index in [-0.39, 0.29) is 17.3 Å². The van der Waals surface area contributed by atoms with Crippen molar-refractivity contribution in [3.05, 3.63) is 83.8 Å². The van der Waals surface area contributed by atoms with E-state index >= 15 is 0 Å². The van der Waals surface area contributed by atoms with Crippen LogP contribution in [0.4, 0.5) is 5.69 Å². The summed E-state index contributed by atoms with van der Waals surface area (Å²) in [6.45, 7) is 0. The third kappa shape index (κ3) is 4.36. The molecule has 0 radical (unpaired) electrons. The van der Waals surface area contributed by atoms with Crippen LogP contribution in [0.25, 0.3) is 0 Å². The van der Waals surface area contributed by atoms with E-state index in [1.165, 1.54) is 13.4 Å². The molecule has 0 amide bonds. The first-order valence-electron chi connectivity index (χ1n) is 8.38. The number of carbonyl (C=O) groups excluding carboxylic acids is 2. The van der Waals surface area contributed by atoms with E-state index in [9.17, 15) is 14.7 Å². The number of phenolic OH excluding ortho intramolecular Hbond substituents is 1. The molecule has 2 aromatic carbocycles. The van der Waals surface area contributed by atoms with Gasteiger partial charge in [0, 0.05) is 17.7 Å². The molecule has 0 aliphatic rings. The minimum absolute atomic E-state index is 0.149. The Morgan fingerprint density at radius 2 is 1.81 bits per heavy atom. The number of nitrogens with one attached hydrogen (secondary N) is 1. The summed E-state index contributed by atoms with van der Waals surface area (Å²) in [5.41, 5.74) is 1.74. The average molecular weight is 365 g/mol. The molecule has 27 heavy (non-hydrogen) atoms. The molecule has 0 aliphatic carbocycles. The van der Waals surface area contributed by atoms with Crippen molar-refractivity contribution in [1.82, 2.24) is 0 Å². The molecule has 0 saturated carbocycles. The second kappa shape index (κ2) is 8.23. The largest absolute Gasteiger partial charge is 0.508 e. The number of para-hydroxylation sites is 1.